The maximum atomic E-state index is 12.7. The second-order valence-electron chi connectivity index (χ2n) is 5.22. The molecule has 4 nitrogen and oxygen atoms in total. The third kappa shape index (κ3) is 4.58. The Balaban J connectivity index is 0.00000242. The van der Waals surface area contributed by atoms with Crippen molar-refractivity contribution in [2.24, 2.45) is 5.92 Å². The second-order valence-corrected chi connectivity index (χ2v) is 6.94. The number of alkyl halides is 3. The van der Waals surface area contributed by atoms with Crippen LogP contribution in [0.3, 0.4) is 0 Å². The van der Waals surface area contributed by atoms with E-state index < -0.39 is 21.8 Å². The fraction of sp³-hybridized carbons (Fsp3) is 0.538. The van der Waals surface area contributed by atoms with Crippen molar-refractivity contribution in [2.75, 3.05) is 13.1 Å². The molecule has 2 N–H and O–H groups in total. The molecule has 0 aromatic heterocycles. The molecule has 0 aliphatic carbocycles. The zero-order valence-electron chi connectivity index (χ0n) is 11.9. The highest BCUT2D eigenvalue weighted by molar-refractivity contribution is 7.89. The van der Waals surface area contributed by atoms with Gasteiger partial charge in [0.25, 0.3) is 0 Å². The summed E-state index contributed by atoms with van der Waals surface area (Å²) in [4.78, 5) is -0.366. The lowest BCUT2D eigenvalue weighted by Crippen LogP contribution is -2.50. The van der Waals surface area contributed by atoms with Gasteiger partial charge >= 0.3 is 6.18 Å². The molecule has 2 atom stereocenters. The monoisotopic (exact) mass is 358 g/mol. The molecule has 0 spiro atoms. The van der Waals surface area contributed by atoms with Crippen molar-refractivity contribution in [2.45, 2.75) is 30.5 Å². The van der Waals surface area contributed by atoms with Gasteiger partial charge in [0.05, 0.1) is 10.5 Å². The van der Waals surface area contributed by atoms with Gasteiger partial charge in [0, 0.05) is 12.6 Å². The quantitative estimate of drug-likeness (QED) is 0.872. The van der Waals surface area contributed by atoms with Crippen LogP contribution in [0, 0.1) is 5.92 Å². The number of halogens is 4. The molecule has 1 aromatic rings. The number of rotatable bonds is 3. The van der Waals surface area contributed by atoms with Crippen LogP contribution < -0.4 is 10.0 Å². The summed E-state index contributed by atoms with van der Waals surface area (Å²) in [5, 5.41) is 3.07. The van der Waals surface area contributed by atoms with Gasteiger partial charge in [-0.05, 0) is 37.1 Å². The van der Waals surface area contributed by atoms with Crippen molar-refractivity contribution in [3.8, 4) is 0 Å². The van der Waals surface area contributed by atoms with Crippen molar-refractivity contribution in [3.05, 3.63) is 29.8 Å². The SMILES string of the molecule is CC1CCNCC1NS(=O)(=O)c1cccc(C(F)(F)F)c1.Cl. The molecule has 1 heterocycles. The lowest BCUT2D eigenvalue weighted by atomic mass is 9.96. The van der Waals surface area contributed by atoms with Gasteiger partial charge in [0.1, 0.15) is 0 Å². The Morgan fingerprint density at radius 1 is 1.32 bits per heavy atom. The first-order chi connectivity index (χ1) is 9.70. The molecule has 9 heteroatoms. The molecule has 1 fully saturated rings. The Morgan fingerprint density at radius 3 is 2.59 bits per heavy atom. The van der Waals surface area contributed by atoms with Gasteiger partial charge in [-0.1, -0.05) is 13.0 Å². The van der Waals surface area contributed by atoms with Gasteiger partial charge in [0.15, 0.2) is 0 Å². The number of hydrogen-bond donors (Lipinski definition) is 2. The van der Waals surface area contributed by atoms with Gasteiger partial charge in [-0.3, -0.25) is 0 Å². The van der Waals surface area contributed by atoms with E-state index in [0.29, 0.717) is 12.6 Å². The summed E-state index contributed by atoms with van der Waals surface area (Å²) in [5.41, 5.74) is -0.972. The van der Waals surface area contributed by atoms with Crippen LogP contribution in [-0.4, -0.2) is 27.5 Å². The lowest BCUT2D eigenvalue weighted by Gasteiger charge is -2.30. The molecule has 126 valence electrons. The standard InChI is InChI=1S/C13H17F3N2O2S.ClH/c1-9-5-6-17-8-12(9)18-21(19,20)11-4-2-3-10(7-11)13(14,15)16;/h2-4,7,9,12,17-18H,5-6,8H2,1H3;1H. The first-order valence-corrected chi connectivity index (χ1v) is 8.09. The van der Waals surface area contributed by atoms with Crippen LogP contribution in [-0.2, 0) is 16.2 Å². The normalized spacial score (nSPS) is 22.9. The molecule has 2 rings (SSSR count). The van der Waals surface area contributed by atoms with Gasteiger partial charge in [-0.25, -0.2) is 13.1 Å². The Hall–Kier alpha value is -0.830. The summed E-state index contributed by atoms with van der Waals surface area (Å²) < 4.78 is 64.9. The maximum Gasteiger partial charge on any atom is 0.416 e. The molecule has 0 saturated carbocycles. The summed E-state index contributed by atoms with van der Waals surface area (Å²) in [7, 11) is -3.97. The number of benzene rings is 1. The van der Waals surface area contributed by atoms with Crippen molar-refractivity contribution in [3.63, 3.8) is 0 Å². The minimum absolute atomic E-state index is 0. The van der Waals surface area contributed by atoms with Crippen LogP contribution in [0.4, 0.5) is 13.2 Å². The molecular formula is C13H18ClF3N2O2S. The highest BCUT2D eigenvalue weighted by Gasteiger charge is 2.32. The molecule has 0 amide bonds. The zero-order chi connectivity index (χ0) is 15.7. The predicted molar refractivity (Wildman–Crippen MR) is 79.5 cm³/mol. The van der Waals surface area contributed by atoms with E-state index in [4.69, 9.17) is 0 Å². The minimum atomic E-state index is -4.56. The number of hydrogen-bond acceptors (Lipinski definition) is 3. The maximum absolute atomic E-state index is 12.7. The molecule has 22 heavy (non-hydrogen) atoms. The van der Waals surface area contributed by atoms with Crippen LogP contribution in [0.5, 0.6) is 0 Å². The Bertz CT molecular complexity index is 608. The molecule has 0 radical (unpaired) electrons. The van der Waals surface area contributed by atoms with Gasteiger partial charge in [-0.2, -0.15) is 13.2 Å². The van der Waals surface area contributed by atoms with Crippen molar-refractivity contribution in [1.29, 1.82) is 0 Å². The van der Waals surface area contributed by atoms with Crippen LogP contribution in [0.15, 0.2) is 29.2 Å². The average molecular weight is 359 g/mol. The van der Waals surface area contributed by atoms with Crippen LogP contribution in [0.1, 0.15) is 18.9 Å². The summed E-state index contributed by atoms with van der Waals surface area (Å²) in [6, 6.07) is 3.45. The van der Waals surface area contributed by atoms with E-state index in [1.54, 1.807) is 0 Å². The Labute approximate surface area is 133 Å². The topological polar surface area (TPSA) is 58.2 Å². The van der Waals surface area contributed by atoms with Crippen molar-refractivity contribution < 1.29 is 21.6 Å². The summed E-state index contributed by atoms with van der Waals surface area (Å²) in [6.07, 6.45) is -3.75. The van der Waals surface area contributed by atoms with E-state index in [1.165, 1.54) is 6.07 Å². The number of nitrogens with one attached hydrogen (secondary N) is 2. The molecule has 1 aromatic carbocycles. The van der Waals surface area contributed by atoms with E-state index in [-0.39, 0.29) is 29.3 Å². The second kappa shape index (κ2) is 7.16. The molecule has 1 saturated heterocycles. The fourth-order valence-electron chi connectivity index (χ4n) is 2.25. The summed E-state index contributed by atoms with van der Waals surface area (Å²) >= 11 is 0. The Kier molecular flexibility index (Phi) is 6.26. The highest BCUT2D eigenvalue weighted by Crippen LogP contribution is 2.30. The zero-order valence-corrected chi connectivity index (χ0v) is 13.5. The molecule has 1 aliphatic heterocycles. The van der Waals surface area contributed by atoms with Crippen molar-refractivity contribution in [1.82, 2.24) is 10.0 Å². The number of sulfonamides is 1. The van der Waals surface area contributed by atoms with Crippen LogP contribution >= 0.6 is 12.4 Å². The summed E-state index contributed by atoms with van der Waals surface area (Å²) in [6.45, 7) is 3.20. The smallest absolute Gasteiger partial charge is 0.315 e. The van der Waals surface area contributed by atoms with Crippen LogP contribution in [0.2, 0.25) is 0 Å². The first kappa shape index (κ1) is 19.2. The fourth-order valence-corrected chi connectivity index (χ4v) is 3.64. The first-order valence-electron chi connectivity index (χ1n) is 6.60. The summed E-state index contributed by atoms with van der Waals surface area (Å²) in [5.74, 6) is 0.131. The molecule has 1 aliphatic rings. The van der Waals surface area contributed by atoms with Crippen LogP contribution in [0.25, 0.3) is 0 Å². The lowest BCUT2D eigenvalue weighted by molar-refractivity contribution is -0.137. The van der Waals surface area contributed by atoms with E-state index in [1.807, 2.05) is 6.92 Å². The van der Waals surface area contributed by atoms with E-state index in [0.717, 1.165) is 25.1 Å². The van der Waals surface area contributed by atoms with Gasteiger partial charge in [-0.15, -0.1) is 12.4 Å². The van der Waals surface area contributed by atoms with E-state index in [9.17, 15) is 21.6 Å². The van der Waals surface area contributed by atoms with E-state index >= 15 is 0 Å². The van der Waals surface area contributed by atoms with E-state index in [2.05, 4.69) is 10.0 Å². The molecule has 0 bridgehead atoms. The van der Waals surface area contributed by atoms with Gasteiger partial charge in [0.2, 0.25) is 10.0 Å². The highest BCUT2D eigenvalue weighted by atomic mass is 35.5. The number of piperidine rings is 1. The third-order valence-electron chi connectivity index (χ3n) is 3.61. The Morgan fingerprint density at radius 2 is 2.00 bits per heavy atom. The molecular weight excluding hydrogens is 341 g/mol. The average Bonchev–Trinajstić information content (AvgIpc) is 2.40. The molecule has 2 unspecified atom stereocenters. The minimum Gasteiger partial charge on any atom is -0.315 e. The largest absolute Gasteiger partial charge is 0.416 e. The third-order valence-corrected chi connectivity index (χ3v) is 5.09. The van der Waals surface area contributed by atoms with Gasteiger partial charge < -0.3 is 5.32 Å². The van der Waals surface area contributed by atoms with Crippen molar-refractivity contribution >= 4 is 22.4 Å². The predicted octanol–water partition coefficient (Wildman–Crippen LogP) is 2.40.